The minimum atomic E-state index is -0.922. The van der Waals surface area contributed by atoms with Gasteiger partial charge in [0.2, 0.25) is 5.91 Å². The summed E-state index contributed by atoms with van der Waals surface area (Å²) < 4.78 is 0. The van der Waals surface area contributed by atoms with E-state index in [1.807, 2.05) is 12.1 Å². The number of primary amides is 1. The van der Waals surface area contributed by atoms with Crippen molar-refractivity contribution in [1.82, 2.24) is 0 Å². The number of hydrogen-bond donors (Lipinski definition) is 2. The van der Waals surface area contributed by atoms with E-state index in [0.29, 0.717) is 16.2 Å². The van der Waals surface area contributed by atoms with Crippen molar-refractivity contribution in [2.45, 2.75) is 10.6 Å². The summed E-state index contributed by atoms with van der Waals surface area (Å²) in [5, 5.41) is 10.6. The van der Waals surface area contributed by atoms with Gasteiger partial charge in [-0.1, -0.05) is 18.2 Å². The van der Waals surface area contributed by atoms with Crippen molar-refractivity contribution < 1.29 is 14.7 Å². The van der Waals surface area contributed by atoms with Gasteiger partial charge in [0.05, 0.1) is 0 Å². The average Bonchev–Trinajstić information content (AvgIpc) is 2.85. The Kier molecular flexibility index (Phi) is 4.24. The summed E-state index contributed by atoms with van der Waals surface area (Å²) in [6, 6.07) is 8.77. The van der Waals surface area contributed by atoms with Crippen molar-refractivity contribution in [3.8, 4) is 0 Å². The van der Waals surface area contributed by atoms with Gasteiger partial charge in [-0.15, -0.1) is 23.1 Å². The van der Waals surface area contributed by atoms with Gasteiger partial charge in [0.15, 0.2) is 0 Å². The molecule has 0 saturated heterocycles. The van der Waals surface area contributed by atoms with Crippen molar-refractivity contribution >= 4 is 35.0 Å². The lowest BCUT2D eigenvalue weighted by atomic mass is 10.1. The number of thiophene rings is 1. The third-order valence-corrected chi connectivity index (χ3v) is 4.56. The number of rotatable bonds is 5. The number of benzene rings is 1. The topological polar surface area (TPSA) is 80.4 Å². The minimum Gasteiger partial charge on any atom is -0.477 e. The molecule has 2 aromatic rings. The molecule has 2 rings (SSSR count). The van der Waals surface area contributed by atoms with Gasteiger partial charge in [0.1, 0.15) is 4.88 Å². The highest BCUT2D eigenvalue weighted by atomic mass is 32.2. The molecule has 3 N–H and O–H groups in total. The summed E-state index contributed by atoms with van der Waals surface area (Å²) in [7, 11) is 0. The predicted molar refractivity (Wildman–Crippen MR) is 75.8 cm³/mol. The molecule has 6 heteroatoms. The summed E-state index contributed by atoms with van der Waals surface area (Å²) >= 11 is 2.67. The molecule has 4 nitrogen and oxygen atoms in total. The lowest BCUT2D eigenvalue weighted by Gasteiger charge is -2.05. The Morgan fingerprint density at radius 3 is 2.68 bits per heavy atom. The smallest absolute Gasteiger partial charge is 0.345 e. The number of carboxylic acids is 1. The summed E-state index contributed by atoms with van der Waals surface area (Å²) in [6.45, 7) is 0. The lowest BCUT2D eigenvalue weighted by Crippen LogP contribution is -2.13. The molecule has 19 heavy (non-hydrogen) atoms. The summed E-state index contributed by atoms with van der Waals surface area (Å²) in [5.41, 5.74) is 6.66. The van der Waals surface area contributed by atoms with Crippen molar-refractivity contribution in [2.24, 2.45) is 5.73 Å². The highest BCUT2D eigenvalue weighted by Crippen LogP contribution is 2.28. The van der Waals surface area contributed by atoms with Crippen molar-refractivity contribution in [3.63, 3.8) is 0 Å². The molecule has 1 heterocycles. The Morgan fingerprint density at radius 2 is 2.05 bits per heavy atom. The van der Waals surface area contributed by atoms with Crippen LogP contribution in [0.25, 0.3) is 0 Å². The first-order chi connectivity index (χ1) is 9.08. The second-order valence-electron chi connectivity index (χ2n) is 3.76. The third-order valence-electron chi connectivity index (χ3n) is 2.46. The molecule has 0 unspecified atom stereocenters. The largest absolute Gasteiger partial charge is 0.477 e. The molecule has 98 valence electrons. The molecular formula is C13H11NO3S2. The molecule has 1 aromatic heterocycles. The number of aromatic carboxylic acids is 1. The minimum absolute atomic E-state index is 0.311. The van der Waals surface area contributed by atoms with E-state index in [-0.39, 0.29) is 0 Å². The summed E-state index contributed by atoms with van der Waals surface area (Å²) in [4.78, 5) is 23.2. The highest BCUT2D eigenvalue weighted by Gasteiger charge is 2.10. The second-order valence-corrected chi connectivity index (χ2v) is 5.72. The molecule has 1 amide bonds. The van der Waals surface area contributed by atoms with Gasteiger partial charge in [0, 0.05) is 21.6 Å². The van der Waals surface area contributed by atoms with Crippen LogP contribution in [0.1, 0.15) is 25.6 Å². The molecule has 0 atom stereocenters. The Hall–Kier alpha value is -1.79. The van der Waals surface area contributed by atoms with Crippen LogP contribution in [0.4, 0.5) is 0 Å². The van der Waals surface area contributed by atoms with Crippen LogP contribution in [0.15, 0.2) is 40.6 Å². The van der Waals surface area contributed by atoms with E-state index in [4.69, 9.17) is 10.8 Å². The summed E-state index contributed by atoms with van der Waals surface area (Å²) in [5.74, 6) is -0.795. The first-order valence-corrected chi connectivity index (χ1v) is 7.27. The van der Waals surface area contributed by atoms with Crippen LogP contribution >= 0.6 is 23.1 Å². The predicted octanol–water partition coefficient (Wildman–Crippen LogP) is 2.84. The fourth-order valence-electron chi connectivity index (χ4n) is 1.55. The van der Waals surface area contributed by atoms with E-state index >= 15 is 0 Å². The molecule has 0 bridgehead atoms. The Balaban J connectivity index is 2.10. The van der Waals surface area contributed by atoms with Crippen LogP contribution in [-0.2, 0) is 5.75 Å². The molecule has 0 spiro atoms. The molecular weight excluding hydrogens is 282 g/mol. The van der Waals surface area contributed by atoms with Crippen LogP contribution < -0.4 is 5.73 Å². The Bertz CT molecular complexity index is 622. The highest BCUT2D eigenvalue weighted by molar-refractivity contribution is 7.98. The zero-order chi connectivity index (χ0) is 13.8. The molecule has 0 aliphatic rings. The van der Waals surface area contributed by atoms with Crippen LogP contribution in [0, 0.1) is 0 Å². The number of hydrogen-bond acceptors (Lipinski definition) is 4. The number of amides is 1. The van der Waals surface area contributed by atoms with Crippen molar-refractivity contribution in [2.75, 3.05) is 0 Å². The third kappa shape index (κ3) is 3.36. The molecule has 0 aliphatic heterocycles. The Morgan fingerprint density at radius 1 is 1.32 bits per heavy atom. The molecule has 0 aliphatic carbocycles. The average molecular weight is 293 g/mol. The van der Waals surface area contributed by atoms with E-state index in [9.17, 15) is 9.59 Å². The number of carbonyl (C=O) groups excluding carboxylic acids is 1. The quantitative estimate of drug-likeness (QED) is 0.831. The first-order valence-electron chi connectivity index (χ1n) is 5.40. The van der Waals surface area contributed by atoms with Crippen LogP contribution in [0.3, 0.4) is 0 Å². The monoisotopic (exact) mass is 293 g/mol. The zero-order valence-corrected chi connectivity index (χ0v) is 11.5. The maximum Gasteiger partial charge on any atom is 0.345 e. The van der Waals surface area contributed by atoms with Gasteiger partial charge < -0.3 is 10.8 Å². The van der Waals surface area contributed by atoms with Crippen LogP contribution in [-0.4, -0.2) is 17.0 Å². The van der Waals surface area contributed by atoms with E-state index in [1.54, 1.807) is 23.6 Å². The number of thioether (sulfide) groups is 1. The number of carboxylic acid groups (broad SMARTS) is 1. The van der Waals surface area contributed by atoms with Gasteiger partial charge in [-0.25, -0.2) is 4.79 Å². The standard InChI is InChI=1S/C13H11NO3S2/c14-12(15)10-4-2-1-3-8(10)6-18-9-5-11(13(16)17)19-7-9/h1-5,7H,6H2,(H2,14,15)(H,16,17). The van der Waals surface area contributed by atoms with Gasteiger partial charge >= 0.3 is 5.97 Å². The number of carbonyl (C=O) groups is 2. The number of nitrogens with two attached hydrogens (primary N) is 1. The van der Waals surface area contributed by atoms with E-state index in [1.165, 1.54) is 23.1 Å². The molecule has 0 fully saturated rings. The maximum absolute atomic E-state index is 11.3. The fraction of sp³-hybridized carbons (Fsp3) is 0.0769. The van der Waals surface area contributed by atoms with Crippen LogP contribution in [0.2, 0.25) is 0 Å². The van der Waals surface area contributed by atoms with Gasteiger partial charge in [-0.3, -0.25) is 4.79 Å². The van der Waals surface area contributed by atoms with Gasteiger partial charge in [-0.05, 0) is 17.7 Å². The SMILES string of the molecule is NC(=O)c1ccccc1CSc1csc(C(=O)O)c1. The van der Waals surface area contributed by atoms with Crippen molar-refractivity contribution in [1.29, 1.82) is 0 Å². The fourth-order valence-corrected chi connectivity index (χ4v) is 3.43. The van der Waals surface area contributed by atoms with Gasteiger partial charge in [-0.2, -0.15) is 0 Å². The first kappa shape index (κ1) is 13.6. The van der Waals surface area contributed by atoms with Crippen LogP contribution in [0.5, 0.6) is 0 Å². The Labute approximate surface area is 118 Å². The molecule has 0 radical (unpaired) electrons. The zero-order valence-electron chi connectivity index (χ0n) is 9.83. The van der Waals surface area contributed by atoms with E-state index in [2.05, 4.69) is 0 Å². The molecule has 0 saturated carbocycles. The van der Waals surface area contributed by atoms with E-state index < -0.39 is 11.9 Å². The molecule has 1 aromatic carbocycles. The normalized spacial score (nSPS) is 10.3. The second kappa shape index (κ2) is 5.90. The maximum atomic E-state index is 11.3. The summed E-state index contributed by atoms with van der Waals surface area (Å²) in [6.07, 6.45) is 0. The van der Waals surface area contributed by atoms with Crippen molar-refractivity contribution in [3.05, 3.63) is 51.7 Å². The lowest BCUT2D eigenvalue weighted by molar-refractivity contribution is 0.0701. The van der Waals surface area contributed by atoms with E-state index in [0.717, 1.165) is 10.5 Å². The van der Waals surface area contributed by atoms with Gasteiger partial charge in [0.25, 0.3) is 0 Å².